The van der Waals surface area contributed by atoms with Gasteiger partial charge in [0.05, 0.1) is 5.02 Å². The molecule has 0 saturated carbocycles. The van der Waals surface area contributed by atoms with Gasteiger partial charge in [0.15, 0.2) is 0 Å². The largest absolute Gasteiger partial charge is 0.324 e. The molecule has 1 rings (SSSR count). The molecule has 14 heavy (non-hydrogen) atoms. The van der Waals surface area contributed by atoms with Gasteiger partial charge in [-0.05, 0) is 45.7 Å². The fourth-order valence-corrected chi connectivity index (χ4v) is 1.73. The third-order valence-electron chi connectivity index (χ3n) is 2.24. The second-order valence-corrected chi connectivity index (χ2v) is 6.09. The van der Waals surface area contributed by atoms with Crippen molar-refractivity contribution in [3.63, 3.8) is 0 Å². The first-order valence-electron chi connectivity index (χ1n) is 4.53. The van der Waals surface area contributed by atoms with Crippen LogP contribution >= 0.6 is 34.2 Å². The lowest BCUT2D eigenvalue weighted by Gasteiger charge is -2.27. The van der Waals surface area contributed by atoms with Gasteiger partial charge < -0.3 is 5.73 Å². The van der Waals surface area contributed by atoms with Gasteiger partial charge in [-0.15, -0.1) is 0 Å². The van der Waals surface area contributed by atoms with Crippen LogP contribution in [0.25, 0.3) is 0 Å². The maximum atomic E-state index is 6.13. The van der Waals surface area contributed by atoms with E-state index in [0.717, 1.165) is 14.2 Å². The minimum atomic E-state index is 0.0250. The summed E-state index contributed by atoms with van der Waals surface area (Å²) >= 11 is 8.26. The SMILES string of the molecule is CC(C)(C)[C@H](N)c1ccc(I)c(Cl)c1. The third kappa shape index (κ3) is 2.84. The molecule has 1 aromatic rings. The van der Waals surface area contributed by atoms with E-state index in [-0.39, 0.29) is 11.5 Å². The summed E-state index contributed by atoms with van der Waals surface area (Å²) < 4.78 is 1.06. The summed E-state index contributed by atoms with van der Waals surface area (Å²) in [5.41, 5.74) is 7.30. The van der Waals surface area contributed by atoms with Crippen LogP contribution in [0.3, 0.4) is 0 Å². The molecule has 0 aromatic heterocycles. The molecule has 1 nitrogen and oxygen atoms in total. The Morgan fingerprint density at radius 3 is 2.36 bits per heavy atom. The first kappa shape index (κ1) is 12.3. The Bertz CT molecular complexity index is 331. The molecule has 0 radical (unpaired) electrons. The van der Waals surface area contributed by atoms with Crippen molar-refractivity contribution in [2.24, 2.45) is 11.1 Å². The Morgan fingerprint density at radius 2 is 1.93 bits per heavy atom. The minimum Gasteiger partial charge on any atom is -0.324 e. The van der Waals surface area contributed by atoms with Crippen molar-refractivity contribution in [2.75, 3.05) is 0 Å². The van der Waals surface area contributed by atoms with E-state index in [9.17, 15) is 0 Å². The molecule has 0 spiro atoms. The number of hydrogen-bond acceptors (Lipinski definition) is 1. The van der Waals surface area contributed by atoms with Gasteiger partial charge in [-0.1, -0.05) is 38.4 Å². The second-order valence-electron chi connectivity index (χ2n) is 4.52. The summed E-state index contributed by atoms with van der Waals surface area (Å²) in [7, 11) is 0. The van der Waals surface area contributed by atoms with Gasteiger partial charge >= 0.3 is 0 Å². The molecule has 0 bridgehead atoms. The molecule has 0 fully saturated rings. The van der Waals surface area contributed by atoms with E-state index in [0.29, 0.717) is 0 Å². The number of rotatable bonds is 1. The standard InChI is InChI=1S/C11H15ClIN/c1-11(2,3)10(14)7-4-5-9(13)8(12)6-7/h4-6,10H,14H2,1-3H3/t10-/m1/s1. The predicted molar refractivity (Wildman–Crippen MR) is 70.6 cm³/mol. The quantitative estimate of drug-likeness (QED) is 0.777. The average molecular weight is 324 g/mol. The second kappa shape index (κ2) is 4.37. The lowest BCUT2D eigenvalue weighted by Crippen LogP contribution is -2.26. The number of nitrogens with two attached hydrogens (primary N) is 1. The van der Waals surface area contributed by atoms with Gasteiger partial charge in [0.25, 0.3) is 0 Å². The molecule has 0 aliphatic rings. The Labute approximate surface area is 104 Å². The molecule has 0 aliphatic heterocycles. The monoisotopic (exact) mass is 323 g/mol. The molecule has 2 N–H and O–H groups in total. The van der Waals surface area contributed by atoms with Crippen LogP contribution in [0.4, 0.5) is 0 Å². The van der Waals surface area contributed by atoms with Crippen LogP contribution in [-0.2, 0) is 0 Å². The molecular formula is C11H15ClIN. The molecule has 0 heterocycles. The summed E-state index contributed by atoms with van der Waals surface area (Å²) in [6.07, 6.45) is 0. The maximum absolute atomic E-state index is 6.13. The van der Waals surface area contributed by atoms with E-state index in [1.807, 2.05) is 18.2 Å². The molecule has 78 valence electrons. The van der Waals surface area contributed by atoms with E-state index in [4.69, 9.17) is 17.3 Å². The molecule has 0 amide bonds. The number of halogens is 2. The van der Waals surface area contributed by atoms with Gasteiger partial charge in [-0.25, -0.2) is 0 Å². The van der Waals surface area contributed by atoms with Crippen molar-refractivity contribution in [2.45, 2.75) is 26.8 Å². The van der Waals surface area contributed by atoms with E-state index in [1.54, 1.807) is 0 Å². The van der Waals surface area contributed by atoms with Crippen molar-refractivity contribution in [1.82, 2.24) is 0 Å². The van der Waals surface area contributed by atoms with Crippen molar-refractivity contribution < 1.29 is 0 Å². The number of hydrogen-bond donors (Lipinski definition) is 1. The smallest absolute Gasteiger partial charge is 0.0542 e. The first-order chi connectivity index (χ1) is 6.32. The summed E-state index contributed by atoms with van der Waals surface area (Å²) in [5.74, 6) is 0. The molecule has 0 saturated heterocycles. The molecular weight excluding hydrogens is 308 g/mol. The zero-order valence-corrected chi connectivity index (χ0v) is 11.6. The summed E-state index contributed by atoms with van der Waals surface area (Å²) in [4.78, 5) is 0. The Hall–Kier alpha value is 0.200. The molecule has 1 atom stereocenters. The van der Waals surface area contributed by atoms with Crippen LogP contribution in [0.15, 0.2) is 18.2 Å². The van der Waals surface area contributed by atoms with Gasteiger partial charge in [0, 0.05) is 9.61 Å². The highest BCUT2D eigenvalue weighted by Gasteiger charge is 2.22. The molecule has 0 unspecified atom stereocenters. The van der Waals surface area contributed by atoms with E-state index in [2.05, 4.69) is 43.4 Å². The lowest BCUT2D eigenvalue weighted by atomic mass is 9.83. The Kier molecular flexibility index (Phi) is 3.83. The lowest BCUT2D eigenvalue weighted by molar-refractivity contribution is 0.327. The topological polar surface area (TPSA) is 26.0 Å². The van der Waals surface area contributed by atoms with E-state index in [1.165, 1.54) is 0 Å². The highest BCUT2D eigenvalue weighted by Crippen LogP contribution is 2.32. The highest BCUT2D eigenvalue weighted by atomic mass is 127. The maximum Gasteiger partial charge on any atom is 0.0542 e. The van der Waals surface area contributed by atoms with E-state index < -0.39 is 0 Å². The van der Waals surface area contributed by atoms with Crippen LogP contribution in [0.5, 0.6) is 0 Å². The first-order valence-corrected chi connectivity index (χ1v) is 5.98. The Morgan fingerprint density at radius 1 is 1.36 bits per heavy atom. The predicted octanol–water partition coefficient (Wildman–Crippen LogP) is 3.99. The third-order valence-corrected chi connectivity index (χ3v) is 3.81. The van der Waals surface area contributed by atoms with E-state index >= 15 is 0 Å². The molecule has 1 aromatic carbocycles. The van der Waals surface area contributed by atoms with Crippen molar-refractivity contribution in [3.05, 3.63) is 32.4 Å². The fraction of sp³-hybridized carbons (Fsp3) is 0.455. The van der Waals surface area contributed by atoms with Crippen molar-refractivity contribution >= 4 is 34.2 Å². The zero-order chi connectivity index (χ0) is 10.9. The Balaban J connectivity index is 3.03. The van der Waals surface area contributed by atoms with Crippen LogP contribution in [-0.4, -0.2) is 0 Å². The average Bonchev–Trinajstić information content (AvgIpc) is 2.07. The number of benzene rings is 1. The van der Waals surface area contributed by atoms with Crippen LogP contribution in [0.1, 0.15) is 32.4 Å². The molecule has 3 heteroatoms. The van der Waals surface area contributed by atoms with Gasteiger partial charge in [0.1, 0.15) is 0 Å². The zero-order valence-electron chi connectivity index (χ0n) is 8.64. The summed E-state index contributed by atoms with van der Waals surface area (Å²) in [5, 5.41) is 0.780. The van der Waals surface area contributed by atoms with Crippen molar-refractivity contribution in [3.8, 4) is 0 Å². The summed E-state index contributed by atoms with van der Waals surface area (Å²) in [6.45, 7) is 6.39. The highest BCUT2D eigenvalue weighted by molar-refractivity contribution is 14.1. The molecule has 0 aliphatic carbocycles. The fourth-order valence-electron chi connectivity index (χ4n) is 1.21. The van der Waals surface area contributed by atoms with Crippen LogP contribution in [0, 0.1) is 8.99 Å². The normalized spacial score (nSPS) is 14.1. The van der Waals surface area contributed by atoms with Gasteiger partial charge in [-0.2, -0.15) is 0 Å². The van der Waals surface area contributed by atoms with Gasteiger partial charge in [-0.3, -0.25) is 0 Å². The summed E-state index contributed by atoms with van der Waals surface area (Å²) in [6, 6.07) is 6.03. The van der Waals surface area contributed by atoms with Crippen molar-refractivity contribution in [1.29, 1.82) is 0 Å². The van der Waals surface area contributed by atoms with Crippen LogP contribution in [0.2, 0.25) is 5.02 Å². The van der Waals surface area contributed by atoms with Gasteiger partial charge in [0.2, 0.25) is 0 Å². The van der Waals surface area contributed by atoms with Crippen LogP contribution < -0.4 is 5.73 Å². The minimum absolute atomic E-state index is 0.0250.